The molecule has 1 aromatic carbocycles. The molecule has 0 radical (unpaired) electrons. The lowest BCUT2D eigenvalue weighted by atomic mass is 10.0. The lowest BCUT2D eigenvalue weighted by Crippen LogP contribution is -2.51. The Morgan fingerprint density at radius 3 is 2.54 bits per heavy atom. The molecule has 1 aliphatic rings. The summed E-state index contributed by atoms with van der Waals surface area (Å²) < 4.78 is 0. The molecule has 1 heterocycles. The number of carbonyl (C=O) groups excluding carboxylic acids is 3. The molecule has 4 amide bonds. The molecule has 2 rings (SSSR count). The van der Waals surface area contributed by atoms with Gasteiger partial charge in [0.2, 0.25) is 11.8 Å². The third-order valence-electron chi connectivity index (χ3n) is 4.34. The molecule has 1 atom stereocenters. The first-order chi connectivity index (χ1) is 12.5. The molecule has 0 aromatic heterocycles. The molecule has 3 N–H and O–H groups in total. The predicted molar refractivity (Wildman–Crippen MR) is 101 cm³/mol. The molecule has 26 heavy (non-hydrogen) atoms. The van der Waals surface area contributed by atoms with Gasteiger partial charge in [0.1, 0.15) is 6.04 Å². The van der Waals surface area contributed by atoms with Crippen molar-refractivity contribution >= 4 is 23.5 Å². The van der Waals surface area contributed by atoms with Crippen LogP contribution < -0.4 is 16.0 Å². The number of nitrogens with zero attached hydrogens (tertiary/aromatic N) is 1. The molecule has 7 nitrogen and oxygen atoms in total. The molecular formula is C19H28N4O3. The van der Waals surface area contributed by atoms with Gasteiger partial charge in [0, 0.05) is 31.7 Å². The van der Waals surface area contributed by atoms with Crippen LogP contribution in [-0.2, 0) is 9.59 Å². The van der Waals surface area contributed by atoms with E-state index < -0.39 is 12.1 Å². The van der Waals surface area contributed by atoms with Crippen LogP contribution in [0.3, 0.4) is 0 Å². The first-order valence-electron chi connectivity index (χ1n) is 9.15. The number of carbonyl (C=O) groups is 3. The number of hydrogen-bond acceptors (Lipinski definition) is 3. The van der Waals surface area contributed by atoms with Crippen LogP contribution in [0.4, 0.5) is 10.5 Å². The van der Waals surface area contributed by atoms with Crippen molar-refractivity contribution in [1.29, 1.82) is 0 Å². The van der Waals surface area contributed by atoms with E-state index in [2.05, 4.69) is 16.0 Å². The lowest BCUT2D eigenvalue weighted by molar-refractivity contribution is -0.127. The normalized spacial score (nSPS) is 15.0. The monoisotopic (exact) mass is 360 g/mol. The first kappa shape index (κ1) is 19.8. The number of amides is 4. The summed E-state index contributed by atoms with van der Waals surface area (Å²) in [5, 5.41) is 8.30. The van der Waals surface area contributed by atoms with Gasteiger partial charge < -0.3 is 20.9 Å². The summed E-state index contributed by atoms with van der Waals surface area (Å²) in [5.41, 5.74) is 0.670. The third kappa shape index (κ3) is 6.06. The number of anilines is 1. The molecule has 1 aromatic rings. The highest BCUT2D eigenvalue weighted by molar-refractivity contribution is 5.93. The van der Waals surface area contributed by atoms with Crippen molar-refractivity contribution in [2.75, 3.05) is 25.0 Å². The molecule has 1 fully saturated rings. The highest BCUT2D eigenvalue weighted by atomic mass is 16.2. The fourth-order valence-electron chi connectivity index (χ4n) is 2.90. The maximum absolute atomic E-state index is 12.4. The lowest BCUT2D eigenvalue weighted by Gasteiger charge is -2.22. The van der Waals surface area contributed by atoms with E-state index in [1.54, 1.807) is 12.1 Å². The Labute approximate surface area is 154 Å². The highest BCUT2D eigenvalue weighted by Gasteiger charge is 2.24. The zero-order chi connectivity index (χ0) is 18.9. The minimum absolute atomic E-state index is 0.0447. The molecule has 142 valence electrons. The Hall–Kier alpha value is -2.57. The van der Waals surface area contributed by atoms with Gasteiger partial charge in [-0.15, -0.1) is 0 Å². The van der Waals surface area contributed by atoms with Crippen molar-refractivity contribution in [3.8, 4) is 0 Å². The number of benzene rings is 1. The van der Waals surface area contributed by atoms with E-state index in [4.69, 9.17) is 0 Å². The van der Waals surface area contributed by atoms with Crippen LogP contribution >= 0.6 is 0 Å². The van der Waals surface area contributed by atoms with Crippen LogP contribution in [-0.4, -0.2) is 48.4 Å². The number of likely N-dealkylation sites (tertiary alicyclic amines) is 1. The number of hydrogen-bond donors (Lipinski definition) is 3. The number of para-hydroxylation sites is 1. The van der Waals surface area contributed by atoms with Gasteiger partial charge >= 0.3 is 6.03 Å². The molecule has 0 aliphatic carbocycles. The predicted octanol–water partition coefficient (Wildman–Crippen LogP) is 1.96. The average Bonchev–Trinajstić information content (AvgIpc) is 3.02. The highest BCUT2D eigenvalue weighted by Crippen LogP contribution is 2.09. The Morgan fingerprint density at radius 2 is 1.92 bits per heavy atom. The molecule has 1 saturated heterocycles. The number of nitrogens with one attached hydrogen (secondary N) is 3. The summed E-state index contributed by atoms with van der Waals surface area (Å²) in [5.74, 6) is -0.0664. The fourth-order valence-corrected chi connectivity index (χ4v) is 2.90. The molecular weight excluding hydrogens is 332 g/mol. The van der Waals surface area contributed by atoms with Crippen molar-refractivity contribution in [3.05, 3.63) is 30.3 Å². The Bertz CT molecular complexity index is 618. The van der Waals surface area contributed by atoms with Gasteiger partial charge in [0.05, 0.1) is 0 Å². The Kier molecular flexibility index (Phi) is 7.44. The van der Waals surface area contributed by atoms with E-state index in [9.17, 15) is 14.4 Å². The minimum atomic E-state index is -0.618. The maximum Gasteiger partial charge on any atom is 0.319 e. The molecule has 0 bridgehead atoms. The molecule has 7 heteroatoms. The van der Waals surface area contributed by atoms with E-state index in [1.807, 2.05) is 36.9 Å². The summed E-state index contributed by atoms with van der Waals surface area (Å²) in [6, 6.07) is 8.05. The van der Waals surface area contributed by atoms with E-state index in [0.29, 0.717) is 31.6 Å². The van der Waals surface area contributed by atoms with Gasteiger partial charge in [0.25, 0.3) is 0 Å². The van der Waals surface area contributed by atoms with Crippen molar-refractivity contribution in [2.45, 2.75) is 39.2 Å². The zero-order valence-electron chi connectivity index (χ0n) is 15.5. The number of rotatable bonds is 8. The summed E-state index contributed by atoms with van der Waals surface area (Å²) in [6.45, 7) is 5.72. The second kappa shape index (κ2) is 9.79. The van der Waals surface area contributed by atoms with Crippen LogP contribution in [0.2, 0.25) is 0 Å². The maximum atomic E-state index is 12.4. The van der Waals surface area contributed by atoms with Gasteiger partial charge in [0.15, 0.2) is 0 Å². The van der Waals surface area contributed by atoms with Crippen LogP contribution in [0.1, 0.15) is 33.1 Å². The fraction of sp³-hybridized carbons (Fsp3) is 0.526. The van der Waals surface area contributed by atoms with Crippen molar-refractivity contribution in [3.63, 3.8) is 0 Å². The van der Waals surface area contributed by atoms with Crippen LogP contribution in [0.15, 0.2) is 30.3 Å². The SMILES string of the molecule is CC(C)C(NC(=O)Nc1ccccc1)C(=O)NCCCN1CCCC1=O. The summed E-state index contributed by atoms with van der Waals surface area (Å²) >= 11 is 0. The molecule has 1 aliphatic heterocycles. The quantitative estimate of drug-likeness (QED) is 0.619. The molecule has 1 unspecified atom stereocenters. The van der Waals surface area contributed by atoms with Gasteiger partial charge in [-0.25, -0.2) is 4.79 Å². The molecule has 0 spiro atoms. The van der Waals surface area contributed by atoms with E-state index in [0.717, 1.165) is 13.0 Å². The van der Waals surface area contributed by atoms with Crippen molar-refractivity contribution in [1.82, 2.24) is 15.5 Å². The largest absolute Gasteiger partial charge is 0.354 e. The topological polar surface area (TPSA) is 90.5 Å². The second-order valence-electron chi connectivity index (χ2n) is 6.82. The standard InChI is InChI=1S/C19H28N4O3/c1-14(2)17(22-19(26)21-15-8-4-3-5-9-15)18(25)20-11-7-13-23-12-6-10-16(23)24/h3-5,8-9,14,17H,6-7,10-13H2,1-2H3,(H,20,25)(H2,21,22,26). The first-order valence-corrected chi connectivity index (χ1v) is 9.15. The van der Waals surface area contributed by atoms with Crippen LogP contribution in [0.25, 0.3) is 0 Å². The summed E-state index contributed by atoms with van der Waals surface area (Å²) in [7, 11) is 0. The van der Waals surface area contributed by atoms with Gasteiger partial charge in [-0.3, -0.25) is 9.59 Å². The minimum Gasteiger partial charge on any atom is -0.354 e. The van der Waals surface area contributed by atoms with Crippen molar-refractivity contribution < 1.29 is 14.4 Å². The second-order valence-corrected chi connectivity index (χ2v) is 6.82. The summed E-state index contributed by atoms with van der Waals surface area (Å²) in [4.78, 5) is 37.9. The van der Waals surface area contributed by atoms with E-state index in [1.165, 1.54) is 0 Å². The Balaban J connectivity index is 1.75. The Morgan fingerprint density at radius 1 is 1.19 bits per heavy atom. The van der Waals surface area contributed by atoms with Crippen LogP contribution in [0.5, 0.6) is 0 Å². The third-order valence-corrected chi connectivity index (χ3v) is 4.34. The average molecular weight is 360 g/mol. The van der Waals surface area contributed by atoms with Crippen molar-refractivity contribution in [2.24, 2.45) is 5.92 Å². The number of urea groups is 1. The molecule has 0 saturated carbocycles. The van der Waals surface area contributed by atoms with Gasteiger partial charge in [-0.05, 0) is 30.9 Å². The van der Waals surface area contributed by atoms with Gasteiger partial charge in [-0.2, -0.15) is 0 Å². The smallest absolute Gasteiger partial charge is 0.319 e. The summed E-state index contributed by atoms with van der Waals surface area (Å²) in [6.07, 6.45) is 2.25. The van der Waals surface area contributed by atoms with E-state index in [-0.39, 0.29) is 17.7 Å². The zero-order valence-corrected chi connectivity index (χ0v) is 15.5. The van der Waals surface area contributed by atoms with E-state index >= 15 is 0 Å². The van der Waals surface area contributed by atoms with Gasteiger partial charge in [-0.1, -0.05) is 32.0 Å². The van der Waals surface area contributed by atoms with Crippen LogP contribution in [0, 0.1) is 5.92 Å².